The summed E-state index contributed by atoms with van der Waals surface area (Å²) in [7, 11) is 5.29. The van der Waals surface area contributed by atoms with Crippen LogP contribution in [-0.2, 0) is 0 Å². The zero-order valence-corrected chi connectivity index (χ0v) is 17.2. The van der Waals surface area contributed by atoms with Gasteiger partial charge in [-0.15, -0.1) is 0 Å². The molecule has 1 atom stereocenters. The predicted molar refractivity (Wildman–Crippen MR) is 111 cm³/mol. The molecule has 2 aliphatic heterocycles. The van der Waals surface area contributed by atoms with E-state index in [0.717, 1.165) is 43.7 Å². The number of rotatable bonds is 4. The fourth-order valence-electron chi connectivity index (χ4n) is 4.31. The van der Waals surface area contributed by atoms with Crippen molar-refractivity contribution < 1.29 is 19.0 Å². The van der Waals surface area contributed by atoms with Crippen molar-refractivity contribution in [3.05, 3.63) is 53.6 Å². The number of piperidine rings is 1. The summed E-state index contributed by atoms with van der Waals surface area (Å²) < 4.78 is 17.2. The Morgan fingerprint density at radius 1 is 1.14 bits per heavy atom. The average molecular weight is 396 g/mol. The van der Waals surface area contributed by atoms with Crippen LogP contribution in [0.25, 0.3) is 0 Å². The van der Waals surface area contributed by atoms with Crippen LogP contribution in [0.1, 0.15) is 41.2 Å². The second-order valence-corrected chi connectivity index (χ2v) is 7.92. The van der Waals surface area contributed by atoms with Crippen molar-refractivity contribution in [2.45, 2.75) is 30.9 Å². The van der Waals surface area contributed by atoms with E-state index in [1.165, 1.54) is 0 Å². The second kappa shape index (κ2) is 7.95. The number of methoxy groups -OCH3 is 2. The van der Waals surface area contributed by atoms with Gasteiger partial charge in [0.15, 0.2) is 0 Å². The normalized spacial score (nSPS) is 20.4. The minimum atomic E-state index is -0.239. The Labute approximate surface area is 171 Å². The number of carbonyl (C=O) groups is 1. The van der Waals surface area contributed by atoms with Crippen LogP contribution in [0.4, 0.5) is 0 Å². The molecule has 0 bridgehead atoms. The number of para-hydroxylation sites is 1. The van der Waals surface area contributed by atoms with Gasteiger partial charge in [0.25, 0.3) is 5.91 Å². The van der Waals surface area contributed by atoms with E-state index >= 15 is 0 Å². The molecule has 0 saturated carbocycles. The van der Waals surface area contributed by atoms with Crippen molar-refractivity contribution in [3.63, 3.8) is 0 Å². The van der Waals surface area contributed by atoms with Gasteiger partial charge in [0.2, 0.25) is 0 Å². The standard InChI is InChI=1S/C23H28N2O4/c1-25-12-10-23(11-13-25)15-19(17-6-4-5-7-21(17)29-23)24-22(26)18-14-16(27-2)8-9-20(18)28-3/h4-9,14,19H,10-13,15H2,1-3H3,(H,24,26)/t19-/m0/s1. The van der Waals surface area contributed by atoms with Crippen molar-refractivity contribution in [1.29, 1.82) is 0 Å². The molecule has 1 fully saturated rings. The molecule has 0 aromatic heterocycles. The van der Waals surface area contributed by atoms with E-state index in [4.69, 9.17) is 14.2 Å². The number of nitrogens with zero attached hydrogens (tertiary/aromatic N) is 1. The van der Waals surface area contributed by atoms with Gasteiger partial charge in [-0.05, 0) is 44.2 Å². The third-order valence-electron chi connectivity index (χ3n) is 6.05. The lowest BCUT2D eigenvalue weighted by Gasteiger charge is -2.46. The van der Waals surface area contributed by atoms with E-state index in [2.05, 4.69) is 17.3 Å². The second-order valence-electron chi connectivity index (χ2n) is 7.92. The predicted octanol–water partition coefficient (Wildman–Crippen LogP) is 3.42. The maximum atomic E-state index is 13.2. The molecule has 0 radical (unpaired) electrons. The van der Waals surface area contributed by atoms with Gasteiger partial charge in [-0.3, -0.25) is 4.79 Å². The van der Waals surface area contributed by atoms with Crippen molar-refractivity contribution in [2.24, 2.45) is 0 Å². The van der Waals surface area contributed by atoms with Crippen LogP contribution in [-0.4, -0.2) is 50.8 Å². The highest BCUT2D eigenvalue weighted by Crippen LogP contribution is 2.44. The number of benzene rings is 2. The number of hydrogen-bond donors (Lipinski definition) is 1. The van der Waals surface area contributed by atoms with Crippen LogP contribution in [0.3, 0.4) is 0 Å². The Balaban J connectivity index is 1.63. The van der Waals surface area contributed by atoms with Gasteiger partial charge in [0.05, 0.1) is 25.8 Å². The van der Waals surface area contributed by atoms with Crippen LogP contribution in [0, 0.1) is 0 Å². The molecule has 2 aromatic carbocycles. The Morgan fingerprint density at radius 3 is 2.62 bits per heavy atom. The molecule has 4 rings (SSSR count). The SMILES string of the molecule is COc1ccc(OC)c(C(=O)N[C@H]2CC3(CCN(C)CC3)Oc3ccccc32)c1. The van der Waals surface area contributed by atoms with E-state index < -0.39 is 0 Å². The Hall–Kier alpha value is -2.73. The molecule has 1 spiro atoms. The lowest BCUT2D eigenvalue weighted by Crippen LogP contribution is -2.51. The van der Waals surface area contributed by atoms with Gasteiger partial charge in [-0.25, -0.2) is 0 Å². The van der Waals surface area contributed by atoms with Gasteiger partial charge >= 0.3 is 0 Å². The van der Waals surface area contributed by atoms with Gasteiger partial charge in [0, 0.05) is 25.1 Å². The van der Waals surface area contributed by atoms with Gasteiger partial charge < -0.3 is 24.4 Å². The molecule has 2 aliphatic rings. The number of nitrogens with one attached hydrogen (secondary N) is 1. The first-order chi connectivity index (χ1) is 14.0. The highest BCUT2D eigenvalue weighted by molar-refractivity contribution is 5.97. The largest absolute Gasteiger partial charge is 0.497 e. The fourth-order valence-corrected chi connectivity index (χ4v) is 4.31. The van der Waals surface area contributed by atoms with Crippen molar-refractivity contribution >= 4 is 5.91 Å². The molecule has 1 saturated heterocycles. The zero-order valence-electron chi connectivity index (χ0n) is 17.2. The quantitative estimate of drug-likeness (QED) is 0.858. The lowest BCUT2D eigenvalue weighted by atomic mass is 9.80. The molecule has 6 heteroatoms. The van der Waals surface area contributed by atoms with Crippen LogP contribution >= 0.6 is 0 Å². The molecule has 0 aliphatic carbocycles. The smallest absolute Gasteiger partial charge is 0.255 e. The molecule has 1 amide bonds. The summed E-state index contributed by atoms with van der Waals surface area (Å²) in [4.78, 5) is 15.5. The minimum Gasteiger partial charge on any atom is -0.497 e. The first-order valence-corrected chi connectivity index (χ1v) is 10.0. The maximum Gasteiger partial charge on any atom is 0.255 e. The molecule has 2 aromatic rings. The number of amides is 1. The Morgan fingerprint density at radius 2 is 1.90 bits per heavy atom. The lowest BCUT2D eigenvalue weighted by molar-refractivity contribution is -0.0195. The monoisotopic (exact) mass is 396 g/mol. The first kappa shape index (κ1) is 19.6. The summed E-state index contributed by atoms with van der Waals surface area (Å²) in [5, 5.41) is 3.23. The fraction of sp³-hybridized carbons (Fsp3) is 0.435. The van der Waals surface area contributed by atoms with E-state index in [1.807, 2.05) is 24.3 Å². The molecule has 1 N–H and O–H groups in total. The average Bonchev–Trinajstić information content (AvgIpc) is 2.75. The molecule has 154 valence electrons. The Kier molecular flexibility index (Phi) is 5.37. The van der Waals surface area contributed by atoms with E-state index in [-0.39, 0.29) is 17.6 Å². The molecule has 29 heavy (non-hydrogen) atoms. The molecule has 2 heterocycles. The van der Waals surface area contributed by atoms with Crippen molar-refractivity contribution in [3.8, 4) is 17.2 Å². The van der Waals surface area contributed by atoms with E-state index in [0.29, 0.717) is 17.1 Å². The summed E-state index contributed by atoms with van der Waals surface area (Å²) in [5.41, 5.74) is 1.25. The highest BCUT2D eigenvalue weighted by Gasteiger charge is 2.43. The molecular formula is C23H28N2O4. The topological polar surface area (TPSA) is 60.0 Å². The van der Waals surface area contributed by atoms with Gasteiger partial charge in [-0.1, -0.05) is 18.2 Å². The van der Waals surface area contributed by atoms with Gasteiger partial charge in [-0.2, -0.15) is 0 Å². The summed E-state index contributed by atoms with van der Waals surface area (Å²) in [5.74, 6) is 1.84. The summed E-state index contributed by atoms with van der Waals surface area (Å²) >= 11 is 0. The third-order valence-corrected chi connectivity index (χ3v) is 6.05. The summed E-state index contributed by atoms with van der Waals surface area (Å²) in [6.45, 7) is 1.99. The number of likely N-dealkylation sites (tertiary alicyclic amines) is 1. The number of carbonyl (C=O) groups excluding carboxylic acids is 1. The first-order valence-electron chi connectivity index (χ1n) is 10.0. The summed E-state index contributed by atoms with van der Waals surface area (Å²) in [6, 6.07) is 13.1. The van der Waals surface area contributed by atoms with Gasteiger partial charge in [0.1, 0.15) is 22.8 Å². The van der Waals surface area contributed by atoms with Crippen LogP contribution in [0.15, 0.2) is 42.5 Å². The maximum absolute atomic E-state index is 13.2. The van der Waals surface area contributed by atoms with Crippen LogP contribution in [0.2, 0.25) is 0 Å². The Bertz CT molecular complexity index is 890. The van der Waals surface area contributed by atoms with E-state index in [1.54, 1.807) is 32.4 Å². The van der Waals surface area contributed by atoms with Crippen molar-refractivity contribution in [2.75, 3.05) is 34.4 Å². The zero-order chi connectivity index (χ0) is 20.4. The van der Waals surface area contributed by atoms with Crippen LogP contribution in [0.5, 0.6) is 17.2 Å². The number of ether oxygens (including phenoxy) is 3. The molecule has 6 nitrogen and oxygen atoms in total. The third kappa shape index (κ3) is 3.90. The highest BCUT2D eigenvalue weighted by atomic mass is 16.5. The van der Waals surface area contributed by atoms with Crippen molar-refractivity contribution in [1.82, 2.24) is 10.2 Å². The minimum absolute atomic E-state index is 0.119. The molecular weight excluding hydrogens is 368 g/mol. The van der Waals surface area contributed by atoms with E-state index in [9.17, 15) is 4.79 Å². The number of hydrogen-bond acceptors (Lipinski definition) is 5. The molecule has 0 unspecified atom stereocenters. The summed E-state index contributed by atoms with van der Waals surface area (Å²) in [6.07, 6.45) is 2.66. The number of fused-ring (bicyclic) bond motifs is 1. The van der Waals surface area contributed by atoms with Crippen LogP contribution < -0.4 is 19.5 Å².